The zero-order valence-electron chi connectivity index (χ0n) is 18.1. The molecule has 0 aliphatic heterocycles. The summed E-state index contributed by atoms with van der Waals surface area (Å²) in [6.45, 7) is 0.449. The van der Waals surface area contributed by atoms with Crippen LogP contribution in [0.5, 0.6) is 5.75 Å². The van der Waals surface area contributed by atoms with Crippen LogP contribution in [-0.2, 0) is 31.1 Å². The van der Waals surface area contributed by atoms with E-state index in [4.69, 9.17) is 33.9 Å². The molecular weight excluding hydrogens is 464 g/mol. The van der Waals surface area contributed by atoms with Crippen LogP contribution in [0.25, 0.3) is 22.5 Å². The van der Waals surface area contributed by atoms with Crippen LogP contribution in [0.2, 0.25) is 5.02 Å². The molecule has 0 unspecified atom stereocenters. The molecule has 0 saturated heterocycles. The van der Waals surface area contributed by atoms with E-state index in [-0.39, 0.29) is 0 Å². The average molecular weight is 488 g/mol. The number of halogens is 1. The van der Waals surface area contributed by atoms with Crippen molar-refractivity contribution >= 4 is 22.0 Å². The lowest BCUT2D eigenvalue weighted by atomic mass is 10.1. The summed E-state index contributed by atoms with van der Waals surface area (Å²) in [6.07, 6.45) is 0. The summed E-state index contributed by atoms with van der Waals surface area (Å²) >= 11 is 6.15. The molecule has 4 rings (SSSR count). The molecule has 0 fully saturated rings. The third-order valence-corrected chi connectivity index (χ3v) is 5.13. The van der Waals surface area contributed by atoms with Crippen LogP contribution in [-0.4, -0.2) is 22.2 Å². The summed E-state index contributed by atoms with van der Waals surface area (Å²) in [5.41, 5.74) is 5.36. The van der Waals surface area contributed by atoms with Crippen molar-refractivity contribution in [1.29, 1.82) is 0 Å². The molecule has 0 saturated carbocycles. The summed E-state index contributed by atoms with van der Waals surface area (Å²) in [6, 6.07) is 28.5. The van der Waals surface area contributed by atoms with E-state index >= 15 is 0 Å². The van der Waals surface area contributed by atoms with Gasteiger partial charge in [0.15, 0.2) is 12.7 Å². The van der Waals surface area contributed by atoms with Gasteiger partial charge in [-0.1, -0.05) is 72.3 Å². The van der Waals surface area contributed by atoms with Crippen LogP contribution in [0.1, 0.15) is 5.56 Å². The Morgan fingerprint density at radius 3 is 2.00 bits per heavy atom. The molecule has 2 N–H and O–H groups in total. The summed E-state index contributed by atoms with van der Waals surface area (Å²) in [4.78, 5) is 0. The van der Waals surface area contributed by atoms with Gasteiger partial charge in [0, 0.05) is 10.6 Å². The van der Waals surface area contributed by atoms with Gasteiger partial charge in [0.25, 0.3) is 5.69 Å². The van der Waals surface area contributed by atoms with Gasteiger partial charge in [0.05, 0.1) is 12.6 Å². The highest BCUT2D eigenvalue weighted by atomic mass is 35.5. The highest BCUT2D eigenvalue weighted by Crippen LogP contribution is 2.37. The van der Waals surface area contributed by atoms with Crippen LogP contribution < -0.4 is 9.42 Å². The van der Waals surface area contributed by atoms with Crippen molar-refractivity contribution in [3.63, 3.8) is 0 Å². The average Bonchev–Trinajstić information content (AvgIpc) is 3.02. The molecule has 3 aromatic carbocycles. The fourth-order valence-electron chi connectivity index (χ4n) is 3.45. The number of rotatable bonds is 5. The highest BCUT2D eigenvalue weighted by Gasteiger charge is 2.30. The molecule has 1 heterocycles. The maximum Gasteiger partial charge on any atom is 0.394 e. The SMILES string of the molecule is Cn1c(-c2ccccc2)c(OCc2cccc(Cl)c2)c(-c2ccccc2)[n+]1C.O=S(=O)(O)O. The van der Waals surface area contributed by atoms with E-state index in [9.17, 15) is 0 Å². The lowest BCUT2D eigenvalue weighted by Crippen LogP contribution is -2.39. The standard InChI is InChI=1S/C24H22ClN2O.H2O4S/c1-26-22(19-11-5-3-6-12-19)24(28-17-18-10-9-15-21(25)16-18)23(27(26)2)20-13-7-4-8-14-20;1-5(2,3)4/h3-16H,17H2,1-2H3;(H2,1,2,3,4)/q+1;. The Balaban J connectivity index is 0.000000555. The molecule has 0 atom stereocenters. The van der Waals surface area contributed by atoms with E-state index in [2.05, 4.69) is 47.7 Å². The lowest BCUT2D eigenvalue weighted by Gasteiger charge is -2.08. The molecule has 172 valence electrons. The molecule has 9 heteroatoms. The maximum absolute atomic E-state index is 8.74. The van der Waals surface area contributed by atoms with Crippen molar-refractivity contribution in [1.82, 2.24) is 4.68 Å². The van der Waals surface area contributed by atoms with Crippen molar-refractivity contribution in [2.75, 3.05) is 0 Å². The summed E-state index contributed by atoms with van der Waals surface area (Å²) in [7, 11) is -0.554. The Hall–Kier alpha value is -3.17. The van der Waals surface area contributed by atoms with Gasteiger partial charge < -0.3 is 4.74 Å². The number of hydrogen-bond donors (Lipinski definition) is 2. The van der Waals surface area contributed by atoms with Gasteiger partial charge in [0.1, 0.15) is 6.61 Å². The number of ether oxygens (including phenoxy) is 1. The van der Waals surface area contributed by atoms with Gasteiger partial charge in [-0.3, -0.25) is 9.11 Å². The van der Waals surface area contributed by atoms with E-state index in [1.165, 1.54) is 0 Å². The minimum Gasteiger partial charge on any atom is -0.480 e. The fraction of sp³-hybridized carbons (Fsp3) is 0.125. The van der Waals surface area contributed by atoms with Gasteiger partial charge in [-0.15, -0.1) is 4.68 Å². The molecule has 0 aliphatic carbocycles. The number of benzene rings is 3. The van der Waals surface area contributed by atoms with Crippen molar-refractivity contribution in [2.24, 2.45) is 14.1 Å². The van der Waals surface area contributed by atoms with Crippen molar-refractivity contribution in [3.8, 4) is 28.3 Å². The number of hydrogen-bond acceptors (Lipinski definition) is 3. The smallest absolute Gasteiger partial charge is 0.394 e. The van der Waals surface area contributed by atoms with Gasteiger partial charge in [-0.25, -0.2) is 0 Å². The van der Waals surface area contributed by atoms with Crippen molar-refractivity contribution < 1.29 is 26.9 Å². The molecule has 0 aliphatic rings. The van der Waals surface area contributed by atoms with E-state index < -0.39 is 10.4 Å². The predicted molar refractivity (Wildman–Crippen MR) is 127 cm³/mol. The minimum absolute atomic E-state index is 0.449. The first kappa shape index (κ1) is 24.5. The van der Waals surface area contributed by atoms with Crippen LogP contribution in [0.15, 0.2) is 84.9 Å². The third-order valence-electron chi connectivity index (χ3n) is 4.89. The van der Waals surface area contributed by atoms with Gasteiger partial charge in [0.2, 0.25) is 5.75 Å². The van der Waals surface area contributed by atoms with Gasteiger partial charge in [-0.2, -0.15) is 13.1 Å². The molecule has 1 aromatic heterocycles. The number of nitrogens with zero attached hydrogens (tertiary/aromatic N) is 2. The van der Waals surface area contributed by atoms with E-state index in [0.717, 1.165) is 33.8 Å². The summed E-state index contributed by atoms with van der Waals surface area (Å²) in [5.74, 6) is 0.863. The largest absolute Gasteiger partial charge is 0.480 e. The van der Waals surface area contributed by atoms with Crippen LogP contribution >= 0.6 is 11.6 Å². The fourth-order valence-corrected chi connectivity index (χ4v) is 3.67. The topological polar surface area (TPSA) is 92.6 Å². The molecule has 0 amide bonds. The van der Waals surface area contributed by atoms with Crippen LogP contribution in [0.3, 0.4) is 0 Å². The molecule has 0 radical (unpaired) electrons. The zero-order valence-corrected chi connectivity index (χ0v) is 19.7. The van der Waals surface area contributed by atoms with Gasteiger partial charge >= 0.3 is 10.4 Å². The monoisotopic (exact) mass is 487 g/mol. The van der Waals surface area contributed by atoms with Crippen molar-refractivity contribution in [2.45, 2.75) is 6.61 Å². The second-order valence-electron chi connectivity index (χ2n) is 7.17. The lowest BCUT2D eigenvalue weighted by molar-refractivity contribution is -0.740. The first-order valence-electron chi connectivity index (χ1n) is 9.92. The quantitative estimate of drug-likeness (QED) is 0.312. The first-order chi connectivity index (χ1) is 15.6. The number of aromatic nitrogens is 2. The molecule has 33 heavy (non-hydrogen) atoms. The Morgan fingerprint density at radius 1 is 0.909 bits per heavy atom. The van der Waals surface area contributed by atoms with Gasteiger partial charge in [-0.05, 0) is 29.8 Å². The first-order valence-corrected chi connectivity index (χ1v) is 11.7. The second-order valence-corrected chi connectivity index (χ2v) is 8.50. The Morgan fingerprint density at radius 2 is 1.45 bits per heavy atom. The Kier molecular flexibility index (Phi) is 7.88. The highest BCUT2D eigenvalue weighted by molar-refractivity contribution is 7.79. The van der Waals surface area contributed by atoms with Crippen LogP contribution in [0.4, 0.5) is 0 Å². The molecule has 7 nitrogen and oxygen atoms in total. The van der Waals surface area contributed by atoms with Crippen molar-refractivity contribution in [3.05, 3.63) is 95.5 Å². The zero-order chi connectivity index (χ0) is 24.0. The second kappa shape index (κ2) is 10.6. The van der Waals surface area contributed by atoms with E-state index in [1.54, 1.807) is 0 Å². The predicted octanol–water partition coefficient (Wildman–Crippen LogP) is 4.76. The molecule has 0 spiro atoms. The Labute approximate surface area is 198 Å². The minimum atomic E-state index is -4.67. The molecule has 4 aromatic rings. The Bertz CT molecular complexity index is 1250. The molecular formula is C24H24ClN2O5S+. The molecule has 0 bridgehead atoms. The maximum atomic E-state index is 8.74. The third kappa shape index (κ3) is 6.66. The van der Waals surface area contributed by atoms with E-state index in [0.29, 0.717) is 11.6 Å². The van der Waals surface area contributed by atoms with Crippen LogP contribution in [0, 0.1) is 0 Å². The summed E-state index contributed by atoms with van der Waals surface area (Å²) in [5, 5.41) is 0.714. The summed E-state index contributed by atoms with van der Waals surface area (Å²) < 4.78 is 42.3. The van der Waals surface area contributed by atoms with E-state index in [1.807, 2.05) is 60.7 Å². The normalized spacial score (nSPS) is 10.9.